The molecule has 1 fully saturated rings. The van der Waals surface area contributed by atoms with Crippen LogP contribution >= 0.6 is 23.5 Å². The van der Waals surface area contributed by atoms with Crippen LogP contribution in [0.1, 0.15) is 24.4 Å². The second-order valence-electron chi connectivity index (χ2n) is 4.07. The van der Waals surface area contributed by atoms with Crippen molar-refractivity contribution in [3.05, 3.63) is 23.7 Å². The molecule has 2 heterocycles. The molecule has 90 valence electrons. The van der Waals surface area contributed by atoms with Crippen LogP contribution in [0, 0.1) is 0 Å². The number of thioether (sulfide) groups is 2. The fourth-order valence-electron chi connectivity index (χ4n) is 1.88. The van der Waals surface area contributed by atoms with Crippen LogP contribution in [0.5, 0.6) is 0 Å². The van der Waals surface area contributed by atoms with Crippen LogP contribution in [-0.4, -0.2) is 23.8 Å². The zero-order chi connectivity index (χ0) is 11.2. The van der Waals surface area contributed by atoms with Crippen LogP contribution < -0.4 is 5.32 Å². The highest BCUT2D eigenvalue weighted by molar-refractivity contribution is 7.99. The summed E-state index contributed by atoms with van der Waals surface area (Å²) in [6, 6.07) is 4.87. The standard InChI is InChI=1S/C12H19NOS2/c1-15-9-12-3-2-11(14-12)8-13-10-4-6-16-7-5-10/h2-3,10,13H,4-9H2,1H3. The Morgan fingerprint density at radius 1 is 1.38 bits per heavy atom. The molecule has 1 aromatic heterocycles. The minimum atomic E-state index is 0.690. The van der Waals surface area contributed by atoms with Crippen LogP contribution in [0.2, 0.25) is 0 Å². The van der Waals surface area contributed by atoms with Gasteiger partial charge >= 0.3 is 0 Å². The summed E-state index contributed by atoms with van der Waals surface area (Å²) in [6.07, 6.45) is 4.69. The second-order valence-corrected chi connectivity index (χ2v) is 6.16. The van der Waals surface area contributed by atoms with Gasteiger partial charge in [0.15, 0.2) is 0 Å². The number of furan rings is 1. The van der Waals surface area contributed by atoms with Crippen LogP contribution in [-0.2, 0) is 12.3 Å². The molecule has 0 radical (unpaired) electrons. The lowest BCUT2D eigenvalue weighted by Crippen LogP contribution is -2.31. The summed E-state index contributed by atoms with van der Waals surface area (Å²) in [6.45, 7) is 0.879. The van der Waals surface area contributed by atoms with E-state index in [1.807, 2.05) is 0 Å². The molecule has 0 aliphatic carbocycles. The van der Waals surface area contributed by atoms with Crippen molar-refractivity contribution in [1.82, 2.24) is 5.32 Å². The third-order valence-corrected chi connectivity index (χ3v) is 4.41. The van der Waals surface area contributed by atoms with Gasteiger partial charge in [-0.15, -0.1) is 0 Å². The molecule has 1 saturated heterocycles. The minimum absolute atomic E-state index is 0.690. The molecule has 4 heteroatoms. The first kappa shape index (κ1) is 12.4. The molecule has 0 unspecified atom stereocenters. The zero-order valence-electron chi connectivity index (χ0n) is 9.70. The maximum atomic E-state index is 5.73. The molecule has 2 nitrogen and oxygen atoms in total. The largest absolute Gasteiger partial charge is 0.464 e. The van der Waals surface area contributed by atoms with Crippen molar-refractivity contribution in [2.24, 2.45) is 0 Å². The molecular formula is C12H19NOS2. The molecule has 1 aromatic rings. The van der Waals surface area contributed by atoms with Gasteiger partial charge in [0, 0.05) is 6.04 Å². The Kier molecular flexibility index (Phi) is 5.13. The highest BCUT2D eigenvalue weighted by atomic mass is 32.2. The van der Waals surface area contributed by atoms with Crippen LogP contribution in [0.15, 0.2) is 16.5 Å². The normalized spacial score (nSPS) is 17.8. The Balaban J connectivity index is 1.75. The van der Waals surface area contributed by atoms with Crippen molar-refractivity contribution in [1.29, 1.82) is 0 Å². The molecule has 0 aromatic carbocycles. The number of hydrogen-bond donors (Lipinski definition) is 1. The second kappa shape index (κ2) is 6.62. The van der Waals surface area contributed by atoms with Gasteiger partial charge in [0.1, 0.15) is 11.5 Å². The van der Waals surface area contributed by atoms with E-state index >= 15 is 0 Å². The molecule has 0 bridgehead atoms. The van der Waals surface area contributed by atoms with E-state index in [1.165, 1.54) is 24.3 Å². The molecule has 0 spiro atoms. The molecular weight excluding hydrogens is 238 g/mol. The van der Waals surface area contributed by atoms with E-state index in [4.69, 9.17) is 4.42 Å². The van der Waals surface area contributed by atoms with Crippen LogP contribution in [0.25, 0.3) is 0 Å². The van der Waals surface area contributed by atoms with Gasteiger partial charge in [0.05, 0.1) is 12.3 Å². The van der Waals surface area contributed by atoms with Crippen molar-refractivity contribution >= 4 is 23.5 Å². The first-order chi connectivity index (χ1) is 7.88. The Bertz CT molecular complexity index is 308. The monoisotopic (exact) mass is 257 g/mol. The predicted molar refractivity (Wildman–Crippen MR) is 73.1 cm³/mol. The number of nitrogens with one attached hydrogen (secondary N) is 1. The Labute approximate surface area is 106 Å². The molecule has 16 heavy (non-hydrogen) atoms. The molecule has 0 amide bonds. The summed E-state index contributed by atoms with van der Waals surface area (Å²) >= 11 is 3.86. The van der Waals surface area contributed by atoms with Gasteiger partial charge < -0.3 is 9.73 Å². The SMILES string of the molecule is CSCc1ccc(CNC2CCSCC2)o1. The molecule has 1 aliphatic rings. The van der Waals surface area contributed by atoms with Gasteiger partial charge in [0.25, 0.3) is 0 Å². The van der Waals surface area contributed by atoms with E-state index in [9.17, 15) is 0 Å². The molecule has 0 atom stereocenters. The van der Waals surface area contributed by atoms with Gasteiger partial charge in [-0.25, -0.2) is 0 Å². The predicted octanol–water partition coefficient (Wildman–Crippen LogP) is 3.13. The van der Waals surface area contributed by atoms with E-state index < -0.39 is 0 Å². The summed E-state index contributed by atoms with van der Waals surface area (Å²) in [5.41, 5.74) is 0. The van der Waals surface area contributed by atoms with Crippen molar-refractivity contribution < 1.29 is 4.42 Å². The Morgan fingerprint density at radius 3 is 2.88 bits per heavy atom. The molecule has 2 rings (SSSR count). The van der Waals surface area contributed by atoms with Crippen molar-refractivity contribution in [3.63, 3.8) is 0 Å². The fraction of sp³-hybridized carbons (Fsp3) is 0.667. The van der Waals surface area contributed by atoms with Gasteiger partial charge in [0.2, 0.25) is 0 Å². The van der Waals surface area contributed by atoms with Crippen molar-refractivity contribution in [2.75, 3.05) is 17.8 Å². The number of hydrogen-bond acceptors (Lipinski definition) is 4. The summed E-state index contributed by atoms with van der Waals surface area (Å²) in [5, 5.41) is 3.58. The highest BCUT2D eigenvalue weighted by Gasteiger charge is 2.13. The third kappa shape index (κ3) is 3.75. The van der Waals surface area contributed by atoms with Crippen LogP contribution in [0.4, 0.5) is 0 Å². The fourth-order valence-corrected chi connectivity index (χ4v) is 3.43. The molecule has 1 aliphatic heterocycles. The highest BCUT2D eigenvalue weighted by Crippen LogP contribution is 2.18. The minimum Gasteiger partial charge on any atom is -0.464 e. The van der Waals surface area contributed by atoms with E-state index in [0.29, 0.717) is 6.04 Å². The summed E-state index contributed by atoms with van der Waals surface area (Å²) in [5.74, 6) is 5.73. The third-order valence-electron chi connectivity index (χ3n) is 2.79. The maximum absolute atomic E-state index is 5.73. The average molecular weight is 257 g/mol. The van der Waals surface area contributed by atoms with Gasteiger partial charge in [-0.05, 0) is 42.7 Å². The molecule has 1 N–H and O–H groups in total. The zero-order valence-corrected chi connectivity index (χ0v) is 11.3. The summed E-state index contributed by atoms with van der Waals surface area (Å²) < 4.78 is 5.73. The van der Waals surface area contributed by atoms with Crippen molar-refractivity contribution in [2.45, 2.75) is 31.2 Å². The average Bonchev–Trinajstić information content (AvgIpc) is 2.76. The lowest BCUT2D eigenvalue weighted by atomic mass is 10.1. The van der Waals surface area contributed by atoms with Gasteiger partial charge in [-0.3, -0.25) is 0 Å². The van der Waals surface area contributed by atoms with Crippen LogP contribution in [0.3, 0.4) is 0 Å². The van der Waals surface area contributed by atoms with E-state index in [1.54, 1.807) is 11.8 Å². The van der Waals surface area contributed by atoms with E-state index in [-0.39, 0.29) is 0 Å². The van der Waals surface area contributed by atoms with Gasteiger partial charge in [-0.2, -0.15) is 23.5 Å². The molecule has 0 saturated carbocycles. The number of rotatable bonds is 5. The van der Waals surface area contributed by atoms with E-state index in [0.717, 1.165) is 23.8 Å². The first-order valence-corrected chi connectivity index (χ1v) is 8.31. The quantitative estimate of drug-likeness (QED) is 0.876. The topological polar surface area (TPSA) is 25.2 Å². The Hall–Kier alpha value is -0.0600. The maximum Gasteiger partial charge on any atom is 0.118 e. The lowest BCUT2D eigenvalue weighted by Gasteiger charge is -2.21. The first-order valence-electron chi connectivity index (χ1n) is 5.76. The Morgan fingerprint density at radius 2 is 2.12 bits per heavy atom. The van der Waals surface area contributed by atoms with E-state index in [2.05, 4.69) is 35.5 Å². The van der Waals surface area contributed by atoms with Crippen molar-refractivity contribution in [3.8, 4) is 0 Å². The summed E-state index contributed by atoms with van der Waals surface area (Å²) in [7, 11) is 0. The summed E-state index contributed by atoms with van der Waals surface area (Å²) in [4.78, 5) is 0. The smallest absolute Gasteiger partial charge is 0.118 e. The van der Waals surface area contributed by atoms with Gasteiger partial charge in [-0.1, -0.05) is 0 Å². The lowest BCUT2D eigenvalue weighted by molar-refractivity contribution is 0.417.